The third-order valence-corrected chi connectivity index (χ3v) is 5.99. The van der Waals surface area contributed by atoms with Gasteiger partial charge in [0, 0.05) is 11.8 Å². The van der Waals surface area contributed by atoms with Crippen LogP contribution in [0.3, 0.4) is 0 Å². The van der Waals surface area contributed by atoms with Crippen LogP contribution in [0.25, 0.3) is 0 Å². The largest absolute Gasteiger partial charge is 0.387 e. The molecule has 0 amide bonds. The number of aromatic nitrogens is 3. The van der Waals surface area contributed by atoms with Gasteiger partial charge in [0.2, 0.25) is 5.16 Å². The van der Waals surface area contributed by atoms with Crippen LogP contribution >= 0.6 is 11.8 Å². The van der Waals surface area contributed by atoms with Gasteiger partial charge in [-0.1, -0.05) is 58.0 Å². The SMILES string of the molecule is CC.CC1(C)CCC(Cc2ccccc2)C1(O)Cn1ncnc1SC#N. The molecule has 6 heteroatoms. The molecule has 0 bridgehead atoms. The topological polar surface area (TPSA) is 74.7 Å². The van der Waals surface area contributed by atoms with Crippen molar-refractivity contribution in [1.29, 1.82) is 5.26 Å². The van der Waals surface area contributed by atoms with Crippen LogP contribution in [0, 0.1) is 22.0 Å². The number of hydrogen-bond donors (Lipinski definition) is 1. The molecule has 1 aromatic carbocycles. The quantitative estimate of drug-likeness (QED) is 0.626. The summed E-state index contributed by atoms with van der Waals surface area (Å²) in [5, 5.41) is 27.3. The molecule has 1 fully saturated rings. The summed E-state index contributed by atoms with van der Waals surface area (Å²) in [5.41, 5.74) is 0.137. The maximum atomic E-state index is 11.6. The highest BCUT2D eigenvalue weighted by Crippen LogP contribution is 2.51. The lowest BCUT2D eigenvalue weighted by Gasteiger charge is -2.41. The van der Waals surface area contributed by atoms with Crippen molar-refractivity contribution >= 4 is 11.8 Å². The molecule has 1 aromatic heterocycles. The minimum atomic E-state index is -0.888. The second-order valence-corrected chi connectivity index (χ2v) is 7.88. The van der Waals surface area contributed by atoms with Gasteiger partial charge in [0.1, 0.15) is 11.7 Å². The molecular formula is C20H28N4OS. The zero-order chi connectivity index (χ0) is 19.2. The summed E-state index contributed by atoms with van der Waals surface area (Å²) < 4.78 is 1.67. The summed E-state index contributed by atoms with van der Waals surface area (Å²) in [7, 11) is 0. The molecule has 2 unspecified atom stereocenters. The normalized spacial score (nSPS) is 23.8. The number of nitriles is 1. The van der Waals surface area contributed by atoms with E-state index in [1.165, 1.54) is 11.9 Å². The minimum absolute atomic E-state index is 0.152. The van der Waals surface area contributed by atoms with E-state index in [2.05, 4.69) is 36.1 Å². The summed E-state index contributed by atoms with van der Waals surface area (Å²) >= 11 is 0.980. The first-order valence-electron chi connectivity index (χ1n) is 9.16. The van der Waals surface area contributed by atoms with E-state index in [-0.39, 0.29) is 11.3 Å². The number of nitrogens with zero attached hydrogens (tertiary/aromatic N) is 4. The molecule has 0 spiro atoms. The summed E-state index contributed by atoms with van der Waals surface area (Å²) in [6.07, 6.45) is 4.23. The van der Waals surface area contributed by atoms with E-state index >= 15 is 0 Å². The lowest BCUT2D eigenvalue weighted by atomic mass is 9.72. The smallest absolute Gasteiger partial charge is 0.200 e. The fourth-order valence-electron chi connectivity index (χ4n) is 3.77. The van der Waals surface area contributed by atoms with Crippen molar-refractivity contribution in [2.24, 2.45) is 11.3 Å². The van der Waals surface area contributed by atoms with E-state index in [4.69, 9.17) is 5.26 Å². The number of rotatable bonds is 5. The Labute approximate surface area is 160 Å². The van der Waals surface area contributed by atoms with Gasteiger partial charge in [-0.2, -0.15) is 10.4 Å². The van der Waals surface area contributed by atoms with Gasteiger partial charge in [0.05, 0.1) is 12.1 Å². The van der Waals surface area contributed by atoms with E-state index in [0.717, 1.165) is 31.0 Å². The van der Waals surface area contributed by atoms with Crippen molar-refractivity contribution in [3.63, 3.8) is 0 Å². The van der Waals surface area contributed by atoms with Crippen LogP contribution in [-0.2, 0) is 13.0 Å². The van der Waals surface area contributed by atoms with E-state index in [9.17, 15) is 5.11 Å². The standard InChI is InChI=1S/C18H22N4OS.C2H6/c1-17(2)9-8-15(10-14-6-4-3-5-7-14)18(17,23)11-22-16(24-12-19)20-13-21-22;1-2/h3-7,13,15,23H,8-11H2,1-2H3;1-2H3. The van der Waals surface area contributed by atoms with Gasteiger partial charge >= 0.3 is 0 Å². The molecule has 2 atom stereocenters. The predicted molar refractivity (Wildman–Crippen MR) is 104 cm³/mol. The second kappa shape index (κ2) is 8.70. The van der Waals surface area contributed by atoms with Gasteiger partial charge < -0.3 is 5.11 Å². The molecule has 1 saturated carbocycles. The fourth-order valence-corrected chi connectivity index (χ4v) is 4.16. The summed E-state index contributed by atoms with van der Waals surface area (Å²) in [4.78, 5) is 4.12. The Bertz CT molecular complexity index is 738. The Hall–Kier alpha value is -1.84. The minimum Gasteiger partial charge on any atom is -0.387 e. The van der Waals surface area contributed by atoms with E-state index in [0.29, 0.717) is 11.7 Å². The monoisotopic (exact) mass is 372 g/mol. The number of aliphatic hydroxyl groups is 1. The van der Waals surface area contributed by atoms with Crippen molar-refractivity contribution < 1.29 is 5.11 Å². The third kappa shape index (κ3) is 4.11. The molecule has 1 aliphatic rings. The zero-order valence-electron chi connectivity index (χ0n) is 16.0. The first-order valence-corrected chi connectivity index (χ1v) is 9.98. The van der Waals surface area contributed by atoms with Crippen LogP contribution in [0.5, 0.6) is 0 Å². The lowest BCUT2D eigenvalue weighted by molar-refractivity contribution is -0.0923. The third-order valence-electron chi connectivity index (χ3n) is 5.40. The molecule has 3 rings (SSSR count). The van der Waals surface area contributed by atoms with Crippen molar-refractivity contribution in [1.82, 2.24) is 14.8 Å². The maximum absolute atomic E-state index is 11.6. The van der Waals surface area contributed by atoms with Crippen molar-refractivity contribution in [3.05, 3.63) is 42.2 Å². The molecular weight excluding hydrogens is 344 g/mol. The van der Waals surface area contributed by atoms with E-state index < -0.39 is 5.60 Å². The highest BCUT2D eigenvalue weighted by atomic mass is 32.2. The molecule has 26 heavy (non-hydrogen) atoms. The number of benzene rings is 1. The predicted octanol–water partition coefficient (Wildman–Crippen LogP) is 4.29. The number of thiocyanates is 1. The van der Waals surface area contributed by atoms with Gasteiger partial charge in [0.25, 0.3) is 0 Å². The van der Waals surface area contributed by atoms with E-state index in [1.54, 1.807) is 4.68 Å². The van der Waals surface area contributed by atoms with E-state index in [1.807, 2.05) is 37.4 Å². The molecule has 0 saturated heterocycles. The summed E-state index contributed by atoms with van der Waals surface area (Å²) in [5.74, 6) is 0.152. The molecule has 140 valence electrons. The number of thioether (sulfide) groups is 1. The summed E-state index contributed by atoms with van der Waals surface area (Å²) in [6, 6.07) is 10.3. The molecule has 5 nitrogen and oxygen atoms in total. The molecule has 1 N–H and O–H groups in total. The van der Waals surface area contributed by atoms with Crippen LogP contribution < -0.4 is 0 Å². The molecule has 0 aliphatic heterocycles. The Morgan fingerprint density at radius 1 is 1.31 bits per heavy atom. The highest BCUT2D eigenvalue weighted by Gasteiger charge is 2.54. The van der Waals surface area contributed by atoms with Gasteiger partial charge in [-0.25, -0.2) is 9.67 Å². The molecule has 0 radical (unpaired) electrons. The molecule has 1 aliphatic carbocycles. The Morgan fingerprint density at radius 2 is 2.00 bits per heavy atom. The van der Waals surface area contributed by atoms with Gasteiger partial charge in [-0.15, -0.1) is 0 Å². The maximum Gasteiger partial charge on any atom is 0.200 e. The Kier molecular flexibility index (Phi) is 6.85. The molecule has 2 aromatic rings. The van der Waals surface area contributed by atoms with Crippen LogP contribution in [0.15, 0.2) is 41.8 Å². The zero-order valence-corrected chi connectivity index (χ0v) is 16.8. The van der Waals surface area contributed by atoms with Crippen molar-refractivity contribution in [3.8, 4) is 5.40 Å². The molecule has 1 heterocycles. The first-order chi connectivity index (χ1) is 12.5. The van der Waals surface area contributed by atoms with Gasteiger partial charge in [0.15, 0.2) is 0 Å². The average molecular weight is 373 g/mol. The highest BCUT2D eigenvalue weighted by molar-refractivity contribution is 8.03. The average Bonchev–Trinajstić information content (AvgIpc) is 3.16. The number of hydrogen-bond acceptors (Lipinski definition) is 5. The van der Waals surface area contributed by atoms with Crippen LogP contribution in [0.2, 0.25) is 0 Å². The second-order valence-electron chi connectivity index (χ2n) is 7.13. The lowest BCUT2D eigenvalue weighted by Crippen LogP contribution is -2.49. The van der Waals surface area contributed by atoms with Gasteiger partial charge in [-0.3, -0.25) is 0 Å². The van der Waals surface area contributed by atoms with Gasteiger partial charge in [-0.05, 0) is 36.2 Å². The van der Waals surface area contributed by atoms with Crippen LogP contribution in [0.4, 0.5) is 0 Å². The first kappa shape index (κ1) is 20.5. The van der Waals surface area contributed by atoms with Crippen molar-refractivity contribution in [2.45, 2.75) is 64.3 Å². The fraction of sp³-hybridized carbons (Fsp3) is 0.550. The van der Waals surface area contributed by atoms with Crippen molar-refractivity contribution in [2.75, 3.05) is 0 Å². The van der Waals surface area contributed by atoms with Crippen LogP contribution in [-0.4, -0.2) is 25.5 Å². The van der Waals surface area contributed by atoms with Crippen LogP contribution in [0.1, 0.15) is 46.1 Å². The summed E-state index contributed by atoms with van der Waals surface area (Å²) in [6.45, 7) is 8.60. The Morgan fingerprint density at radius 3 is 2.65 bits per heavy atom. The Balaban J connectivity index is 0.00000117.